The largest absolute Gasteiger partial charge is 0.358 e. The SMILES string of the molecule is Cc1[nH]c2c(C)cccc2c1C1CN(C)CCN1. The number of aromatic nitrogens is 1. The molecule has 0 saturated carbocycles. The molecular formula is C15H21N3. The molecule has 0 aliphatic carbocycles. The Hall–Kier alpha value is -1.32. The number of aryl methyl sites for hydroxylation is 2. The highest BCUT2D eigenvalue weighted by Gasteiger charge is 2.23. The number of fused-ring (bicyclic) bond motifs is 1. The summed E-state index contributed by atoms with van der Waals surface area (Å²) in [5.74, 6) is 0. The molecule has 1 aromatic heterocycles. The molecular weight excluding hydrogens is 222 g/mol. The van der Waals surface area contributed by atoms with Gasteiger partial charge in [-0.25, -0.2) is 0 Å². The summed E-state index contributed by atoms with van der Waals surface area (Å²) in [6.45, 7) is 7.64. The van der Waals surface area contributed by atoms with Crippen molar-refractivity contribution in [2.24, 2.45) is 0 Å². The number of likely N-dealkylation sites (N-methyl/N-ethyl adjacent to an activating group) is 1. The van der Waals surface area contributed by atoms with E-state index in [4.69, 9.17) is 0 Å². The third-order valence-corrected chi connectivity index (χ3v) is 4.01. The maximum atomic E-state index is 3.64. The summed E-state index contributed by atoms with van der Waals surface area (Å²) < 4.78 is 0. The number of nitrogens with zero attached hydrogens (tertiary/aromatic N) is 1. The molecule has 0 amide bonds. The Balaban J connectivity index is 2.10. The molecule has 1 aliphatic heterocycles. The molecule has 0 bridgehead atoms. The van der Waals surface area contributed by atoms with Crippen LogP contribution in [0.4, 0.5) is 0 Å². The van der Waals surface area contributed by atoms with E-state index < -0.39 is 0 Å². The second-order valence-corrected chi connectivity index (χ2v) is 5.43. The lowest BCUT2D eigenvalue weighted by Gasteiger charge is -2.31. The number of piperazine rings is 1. The van der Waals surface area contributed by atoms with E-state index in [1.54, 1.807) is 0 Å². The van der Waals surface area contributed by atoms with Crippen molar-refractivity contribution in [3.63, 3.8) is 0 Å². The van der Waals surface area contributed by atoms with Crippen LogP contribution < -0.4 is 5.32 Å². The summed E-state index contributed by atoms with van der Waals surface area (Å²) in [6.07, 6.45) is 0. The molecule has 1 aromatic carbocycles. The molecule has 1 fully saturated rings. The number of aromatic amines is 1. The molecule has 1 saturated heterocycles. The minimum Gasteiger partial charge on any atom is -0.358 e. The first-order valence-corrected chi connectivity index (χ1v) is 6.66. The Morgan fingerprint density at radius 2 is 2.11 bits per heavy atom. The van der Waals surface area contributed by atoms with Crippen LogP contribution in [0.5, 0.6) is 0 Å². The quantitative estimate of drug-likeness (QED) is 0.805. The standard InChI is InChI=1S/C15H21N3/c1-10-5-4-6-12-14(11(2)17-15(10)12)13-9-18(3)8-7-16-13/h4-6,13,16-17H,7-9H2,1-3H3. The summed E-state index contributed by atoms with van der Waals surface area (Å²) in [5.41, 5.74) is 5.36. The highest BCUT2D eigenvalue weighted by Crippen LogP contribution is 2.30. The van der Waals surface area contributed by atoms with Gasteiger partial charge < -0.3 is 15.2 Å². The molecule has 18 heavy (non-hydrogen) atoms. The zero-order valence-electron chi connectivity index (χ0n) is 11.4. The van der Waals surface area contributed by atoms with E-state index in [2.05, 4.69) is 54.3 Å². The Labute approximate surface area is 108 Å². The second kappa shape index (κ2) is 4.41. The van der Waals surface area contributed by atoms with E-state index in [1.165, 1.54) is 27.7 Å². The van der Waals surface area contributed by atoms with Crippen molar-refractivity contribution in [2.45, 2.75) is 19.9 Å². The second-order valence-electron chi connectivity index (χ2n) is 5.43. The predicted octanol–water partition coefficient (Wildman–Crippen LogP) is 2.36. The summed E-state index contributed by atoms with van der Waals surface area (Å²) in [5, 5.41) is 5.02. The maximum Gasteiger partial charge on any atom is 0.0489 e. The highest BCUT2D eigenvalue weighted by atomic mass is 15.2. The fourth-order valence-corrected chi connectivity index (χ4v) is 3.05. The minimum atomic E-state index is 0.444. The third-order valence-electron chi connectivity index (χ3n) is 4.01. The van der Waals surface area contributed by atoms with Gasteiger partial charge in [0.25, 0.3) is 0 Å². The van der Waals surface area contributed by atoms with Crippen LogP contribution in [0.1, 0.15) is 22.9 Å². The summed E-state index contributed by atoms with van der Waals surface area (Å²) in [6, 6.07) is 7.00. The number of para-hydroxylation sites is 1. The summed E-state index contributed by atoms with van der Waals surface area (Å²) in [4.78, 5) is 5.95. The lowest BCUT2D eigenvalue weighted by molar-refractivity contribution is 0.241. The highest BCUT2D eigenvalue weighted by molar-refractivity contribution is 5.87. The predicted molar refractivity (Wildman–Crippen MR) is 76.0 cm³/mol. The lowest BCUT2D eigenvalue weighted by atomic mass is 10.00. The average molecular weight is 243 g/mol. The molecule has 1 aliphatic rings. The topological polar surface area (TPSA) is 31.1 Å². The van der Waals surface area contributed by atoms with Crippen LogP contribution >= 0.6 is 0 Å². The van der Waals surface area contributed by atoms with Crippen molar-refractivity contribution >= 4 is 10.9 Å². The molecule has 96 valence electrons. The Bertz CT molecular complexity index is 570. The monoisotopic (exact) mass is 243 g/mol. The lowest BCUT2D eigenvalue weighted by Crippen LogP contribution is -2.43. The third kappa shape index (κ3) is 1.84. The fraction of sp³-hybridized carbons (Fsp3) is 0.467. The summed E-state index contributed by atoms with van der Waals surface area (Å²) in [7, 11) is 2.20. The number of hydrogen-bond acceptors (Lipinski definition) is 2. The molecule has 0 spiro atoms. The van der Waals surface area contributed by atoms with Crippen LogP contribution in [0, 0.1) is 13.8 Å². The van der Waals surface area contributed by atoms with Crippen molar-refractivity contribution in [1.29, 1.82) is 0 Å². The van der Waals surface area contributed by atoms with Crippen LogP contribution in [-0.4, -0.2) is 36.6 Å². The van der Waals surface area contributed by atoms with Crippen molar-refractivity contribution in [3.05, 3.63) is 35.0 Å². The normalized spacial score (nSPS) is 21.6. The van der Waals surface area contributed by atoms with Gasteiger partial charge in [-0.2, -0.15) is 0 Å². The minimum absolute atomic E-state index is 0.444. The average Bonchev–Trinajstić information content (AvgIpc) is 2.67. The first-order valence-electron chi connectivity index (χ1n) is 6.66. The van der Waals surface area contributed by atoms with Gasteiger partial charge in [0.2, 0.25) is 0 Å². The zero-order chi connectivity index (χ0) is 12.7. The number of H-pyrrole nitrogens is 1. The molecule has 2 aromatic rings. The van der Waals surface area contributed by atoms with Crippen LogP contribution in [0.15, 0.2) is 18.2 Å². The van der Waals surface area contributed by atoms with E-state index in [-0.39, 0.29) is 0 Å². The van der Waals surface area contributed by atoms with Crippen molar-refractivity contribution in [3.8, 4) is 0 Å². The van der Waals surface area contributed by atoms with E-state index in [9.17, 15) is 0 Å². The number of benzene rings is 1. The Morgan fingerprint density at radius 3 is 2.89 bits per heavy atom. The van der Waals surface area contributed by atoms with Crippen LogP contribution in [0.3, 0.4) is 0 Å². The van der Waals surface area contributed by atoms with Crippen LogP contribution in [0.2, 0.25) is 0 Å². The van der Waals surface area contributed by atoms with Gasteiger partial charge in [-0.1, -0.05) is 18.2 Å². The van der Waals surface area contributed by atoms with E-state index >= 15 is 0 Å². The van der Waals surface area contributed by atoms with Crippen LogP contribution in [-0.2, 0) is 0 Å². The van der Waals surface area contributed by atoms with Gasteiger partial charge in [0.15, 0.2) is 0 Å². The van der Waals surface area contributed by atoms with Gasteiger partial charge in [0.05, 0.1) is 0 Å². The molecule has 1 unspecified atom stereocenters. The molecule has 2 N–H and O–H groups in total. The molecule has 3 nitrogen and oxygen atoms in total. The number of rotatable bonds is 1. The van der Waals surface area contributed by atoms with E-state index in [0.29, 0.717) is 6.04 Å². The van der Waals surface area contributed by atoms with Crippen LogP contribution in [0.25, 0.3) is 10.9 Å². The van der Waals surface area contributed by atoms with E-state index in [0.717, 1.165) is 19.6 Å². The first kappa shape index (κ1) is 11.8. The fourth-order valence-electron chi connectivity index (χ4n) is 3.05. The maximum absolute atomic E-state index is 3.64. The van der Waals surface area contributed by atoms with Gasteiger partial charge in [0.1, 0.15) is 0 Å². The van der Waals surface area contributed by atoms with Crippen molar-refractivity contribution in [1.82, 2.24) is 15.2 Å². The zero-order valence-corrected chi connectivity index (χ0v) is 11.4. The van der Waals surface area contributed by atoms with Gasteiger partial charge >= 0.3 is 0 Å². The van der Waals surface area contributed by atoms with Gasteiger partial charge in [-0.15, -0.1) is 0 Å². The number of hydrogen-bond donors (Lipinski definition) is 2. The van der Waals surface area contributed by atoms with Crippen molar-refractivity contribution in [2.75, 3.05) is 26.7 Å². The molecule has 0 radical (unpaired) electrons. The number of nitrogens with one attached hydrogen (secondary N) is 2. The first-order chi connectivity index (χ1) is 8.66. The molecule has 3 heteroatoms. The van der Waals surface area contributed by atoms with Gasteiger partial charge in [-0.3, -0.25) is 0 Å². The molecule has 2 heterocycles. The molecule has 3 rings (SSSR count). The van der Waals surface area contributed by atoms with E-state index in [1.807, 2.05) is 0 Å². The van der Waals surface area contributed by atoms with Gasteiger partial charge in [-0.05, 0) is 32.0 Å². The Kier molecular flexibility index (Phi) is 2.88. The van der Waals surface area contributed by atoms with Gasteiger partial charge in [0, 0.05) is 42.3 Å². The molecule has 1 atom stereocenters. The van der Waals surface area contributed by atoms with Crippen molar-refractivity contribution < 1.29 is 0 Å². The Morgan fingerprint density at radius 1 is 1.28 bits per heavy atom. The summed E-state index contributed by atoms with van der Waals surface area (Å²) >= 11 is 0. The smallest absolute Gasteiger partial charge is 0.0489 e.